The molecule has 0 amide bonds. The molecule has 0 aliphatic heterocycles. The quantitative estimate of drug-likeness (QED) is 0.553. The fraction of sp³-hybridized carbons (Fsp3) is 0.412. The van der Waals surface area contributed by atoms with Gasteiger partial charge in [-0.2, -0.15) is 0 Å². The third-order valence-electron chi connectivity index (χ3n) is 3.85. The Morgan fingerprint density at radius 1 is 1.06 bits per heavy atom. The van der Waals surface area contributed by atoms with Crippen molar-refractivity contribution < 1.29 is 0 Å². The molecule has 2 aliphatic carbocycles. The highest BCUT2D eigenvalue weighted by atomic mass is 14.4. The van der Waals surface area contributed by atoms with E-state index in [0.29, 0.717) is 11.8 Å². The van der Waals surface area contributed by atoms with Crippen LogP contribution in [0.25, 0.3) is 0 Å². The summed E-state index contributed by atoms with van der Waals surface area (Å²) in [5, 5.41) is 0. The van der Waals surface area contributed by atoms with Gasteiger partial charge in [-0.1, -0.05) is 36.0 Å². The number of fused-ring (bicyclic) bond motifs is 2. The Balaban J connectivity index is 2.62. The average Bonchev–Trinajstić information content (AvgIpc) is 2.83. The zero-order chi connectivity index (χ0) is 12.6. The van der Waals surface area contributed by atoms with Crippen LogP contribution in [0.2, 0.25) is 0 Å². The Bertz CT molecular complexity index is 474. The SMILES string of the molecule is CC=CC(C)=C1C(=CC)C2C=CC1C2=C(C)C. The van der Waals surface area contributed by atoms with Crippen LogP contribution in [0.4, 0.5) is 0 Å². The van der Waals surface area contributed by atoms with Crippen molar-refractivity contribution in [1.82, 2.24) is 0 Å². The van der Waals surface area contributed by atoms with Crippen LogP contribution in [-0.2, 0) is 0 Å². The Morgan fingerprint density at radius 2 is 1.71 bits per heavy atom. The lowest BCUT2D eigenvalue weighted by Crippen LogP contribution is -1.99. The summed E-state index contributed by atoms with van der Waals surface area (Å²) in [6.45, 7) is 11.0. The Kier molecular flexibility index (Phi) is 3.24. The first-order valence-electron chi connectivity index (χ1n) is 6.47. The minimum absolute atomic E-state index is 0.535. The summed E-state index contributed by atoms with van der Waals surface area (Å²) in [4.78, 5) is 0. The van der Waals surface area contributed by atoms with Crippen molar-refractivity contribution in [3.8, 4) is 0 Å². The molecule has 0 saturated heterocycles. The third kappa shape index (κ3) is 1.76. The molecule has 2 aliphatic rings. The summed E-state index contributed by atoms with van der Waals surface area (Å²) in [6, 6.07) is 0. The molecule has 0 aromatic carbocycles. The highest BCUT2D eigenvalue weighted by Crippen LogP contribution is 2.53. The Morgan fingerprint density at radius 3 is 2.24 bits per heavy atom. The molecule has 90 valence electrons. The van der Waals surface area contributed by atoms with Crippen molar-refractivity contribution in [3.63, 3.8) is 0 Å². The molecule has 17 heavy (non-hydrogen) atoms. The molecule has 0 aromatic rings. The first-order chi connectivity index (χ1) is 8.11. The Labute approximate surface area is 105 Å². The van der Waals surface area contributed by atoms with Gasteiger partial charge in [0.25, 0.3) is 0 Å². The Hall–Kier alpha value is -1.30. The number of hydrogen-bond donors (Lipinski definition) is 0. The molecule has 0 heterocycles. The zero-order valence-corrected chi connectivity index (χ0v) is 11.5. The molecular formula is C17H22. The van der Waals surface area contributed by atoms with Gasteiger partial charge in [0.15, 0.2) is 0 Å². The van der Waals surface area contributed by atoms with Gasteiger partial charge in [0.1, 0.15) is 0 Å². The first kappa shape index (κ1) is 12.2. The van der Waals surface area contributed by atoms with E-state index in [2.05, 4.69) is 65.0 Å². The lowest BCUT2D eigenvalue weighted by atomic mass is 9.90. The number of rotatable bonds is 1. The molecule has 0 aromatic heterocycles. The van der Waals surface area contributed by atoms with E-state index in [9.17, 15) is 0 Å². The zero-order valence-electron chi connectivity index (χ0n) is 11.5. The van der Waals surface area contributed by atoms with Crippen molar-refractivity contribution in [2.75, 3.05) is 0 Å². The summed E-state index contributed by atoms with van der Waals surface area (Å²) in [5.41, 5.74) is 7.55. The van der Waals surface area contributed by atoms with E-state index < -0.39 is 0 Å². The maximum absolute atomic E-state index is 2.38. The summed E-state index contributed by atoms with van der Waals surface area (Å²) < 4.78 is 0. The van der Waals surface area contributed by atoms with E-state index in [0.717, 1.165) is 0 Å². The smallest absolute Gasteiger partial charge is 0.0246 e. The molecule has 2 atom stereocenters. The van der Waals surface area contributed by atoms with Gasteiger partial charge in [-0.05, 0) is 56.9 Å². The average molecular weight is 226 g/mol. The van der Waals surface area contributed by atoms with Crippen LogP contribution in [0, 0.1) is 11.8 Å². The molecule has 0 N–H and O–H groups in total. The predicted molar refractivity (Wildman–Crippen MR) is 75.8 cm³/mol. The lowest BCUT2D eigenvalue weighted by Gasteiger charge is -2.14. The van der Waals surface area contributed by atoms with E-state index in [1.54, 1.807) is 5.57 Å². The van der Waals surface area contributed by atoms with E-state index in [1.807, 2.05) is 0 Å². The maximum atomic E-state index is 2.38. The molecule has 2 rings (SSSR count). The maximum Gasteiger partial charge on any atom is 0.0246 e. The summed E-state index contributed by atoms with van der Waals surface area (Å²) in [5.74, 6) is 1.08. The van der Waals surface area contributed by atoms with E-state index in [-0.39, 0.29) is 0 Å². The molecule has 1 saturated carbocycles. The molecule has 2 unspecified atom stereocenters. The monoisotopic (exact) mass is 226 g/mol. The summed E-state index contributed by atoms with van der Waals surface area (Å²) in [6.07, 6.45) is 11.4. The van der Waals surface area contributed by atoms with Crippen LogP contribution in [0.3, 0.4) is 0 Å². The molecule has 0 radical (unpaired) electrons. The molecule has 2 bridgehead atoms. The minimum atomic E-state index is 0.535. The second-order valence-electron chi connectivity index (χ2n) is 5.14. The second kappa shape index (κ2) is 4.52. The van der Waals surface area contributed by atoms with E-state index in [1.165, 1.54) is 22.3 Å². The molecule has 1 fully saturated rings. The van der Waals surface area contributed by atoms with Gasteiger partial charge in [0.05, 0.1) is 0 Å². The molecular weight excluding hydrogens is 204 g/mol. The molecule has 0 nitrogen and oxygen atoms in total. The van der Waals surface area contributed by atoms with Gasteiger partial charge in [-0.15, -0.1) is 0 Å². The lowest BCUT2D eigenvalue weighted by molar-refractivity contribution is 0.924. The second-order valence-corrected chi connectivity index (χ2v) is 5.14. The van der Waals surface area contributed by atoms with Crippen molar-refractivity contribution in [2.45, 2.75) is 34.6 Å². The third-order valence-corrected chi connectivity index (χ3v) is 3.85. The van der Waals surface area contributed by atoms with Crippen LogP contribution in [0.15, 0.2) is 58.2 Å². The van der Waals surface area contributed by atoms with Crippen molar-refractivity contribution in [2.24, 2.45) is 11.8 Å². The largest absolute Gasteiger partial charge is 0.0874 e. The van der Waals surface area contributed by atoms with Crippen LogP contribution in [0.5, 0.6) is 0 Å². The topological polar surface area (TPSA) is 0 Å². The molecule has 0 heteroatoms. The number of hydrogen-bond acceptors (Lipinski definition) is 0. The van der Waals surface area contributed by atoms with Crippen molar-refractivity contribution >= 4 is 0 Å². The van der Waals surface area contributed by atoms with Crippen LogP contribution in [-0.4, -0.2) is 0 Å². The van der Waals surface area contributed by atoms with Crippen LogP contribution < -0.4 is 0 Å². The first-order valence-corrected chi connectivity index (χ1v) is 6.47. The van der Waals surface area contributed by atoms with Crippen molar-refractivity contribution in [3.05, 3.63) is 58.2 Å². The van der Waals surface area contributed by atoms with Gasteiger partial charge < -0.3 is 0 Å². The van der Waals surface area contributed by atoms with Gasteiger partial charge in [-0.25, -0.2) is 0 Å². The summed E-state index contributed by atoms with van der Waals surface area (Å²) in [7, 11) is 0. The highest BCUT2D eigenvalue weighted by Gasteiger charge is 2.40. The van der Waals surface area contributed by atoms with Crippen LogP contribution in [0.1, 0.15) is 34.6 Å². The fourth-order valence-electron chi connectivity index (χ4n) is 3.26. The normalized spacial score (nSPS) is 32.1. The van der Waals surface area contributed by atoms with Crippen LogP contribution >= 0.6 is 0 Å². The summed E-state index contributed by atoms with van der Waals surface area (Å²) >= 11 is 0. The van der Waals surface area contributed by atoms with E-state index >= 15 is 0 Å². The van der Waals surface area contributed by atoms with Crippen molar-refractivity contribution in [1.29, 1.82) is 0 Å². The standard InChI is InChI=1S/C17H22/c1-6-8-12(5)17-13(7-2)14-9-10-15(17)16(14)11(3)4/h6-10,14-15H,1-5H3. The highest BCUT2D eigenvalue weighted by molar-refractivity contribution is 5.62. The van der Waals surface area contributed by atoms with E-state index in [4.69, 9.17) is 0 Å². The predicted octanol–water partition coefficient (Wildman–Crippen LogP) is 4.98. The minimum Gasteiger partial charge on any atom is -0.0874 e. The van der Waals surface area contributed by atoms with Gasteiger partial charge in [-0.3, -0.25) is 0 Å². The van der Waals surface area contributed by atoms with Gasteiger partial charge in [0.2, 0.25) is 0 Å². The fourth-order valence-corrected chi connectivity index (χ4v) is 3.26. The number of allylic oxidation sites excluding steroid dienone is 10. The van der Waals surface area contributed by atoms with Gasteiger partial charge >= 0.3 is 0 Å². The molecule has 0 spiro atoms. The van der Waals surface area contributed by atoms with Gasteiger partial charge in [0, 0.05) is 11.8 Å².